The molecule has 224 valence electrons. The average Bonchev–Trinajstić information content (AvgIpc) is 3.26. The van der Waals surface area contributed by atoms with Crippen LogP contribution in [0.5, 0.6) is 17.4 Å². The van der Waals surface area contributed by atoms with Crippen molar-refractivity contribution < 1.29 is 19.4 Å². The summed E-state index contributed by atoms with van der Waals surface area (Å²) >= 11 is 0. The van der Waals surface area contributed by atoms with Gasteiger partial charge in [0.2, 0.25) is 11.8 Å². The highest BCUT2D eigenvalue weighted by atomic mass is 16.5. The molecule has 0 bridgehead atoms. The number of fused-ring (bicyclic) bond motifs is 1. The molecule has 10 heteroatoms. The molecule has 1 atom stereocenters. The fourth-order valence-corrected chi connectivity index (χ4v) is 4.56. The zero-order valence-electron chi connectivity index (χ0n) is 24.9. The maximum absolute atomic E-state index is 12.6. The van der Waals surface area contributed by atoms with Gasteiger partial charge in [0.05, 0.1) is 11.1 Å². The third kappa shape index (κ3) is 8.43. The van der Waals surface area contributed by atoms with Crippen molar-refractivity contribution in [1.29, 1.82) is 0 Å². The van der Waals surface area contributed by atoms with E-state index in [0.29, 0.717) is 41.5 Å². The number of H-pyrrole nitrogens is 1. The smallest absolute Gasteiger partial charge is 0.326 e. The van der Waals surface area contributed by atoms with Gasteiger partial charge in [-0.05, 0) is 68.0 Å². The highest BCUT2D eigenvalue weighted by molar-refractivity contribution is 5.92. The number of nitrogens with zero attached hydrogens (tertiary/aromatic N) is 2. The third-order valence-electron chi connectivity index (χ3n) is 6.90. The van der Waals surface area contributed by atoms with E-state index in [1.807, 2.05) is 42.5 Å². The number of para-hydroxylation sites is 1. The summed E-state index contributed by atoms with van der Waals surface area (Å²) in [7, 11) is 0. The van der Waals surface area contributed by atoms with Gasteiger partial charge in [-0.1, -0.05) is 39.0 Å². The number of hydrogen-bond acceptors (Lipinski definition) is 7. The highest BCUT2D eigenvalue weighted by Gasteiger charge is 2.21. The molecule has 0 radical (unpaired) electrons. The molecule has 0 unspecified atom stereocenters. The number of aromatic amines is 1. The van der Waals surface area contributed by atoms with Crippen LogP contribution in [-0.4, -0.2) is 50.3 Å². The molecule has 4 rings (SSSR count). The molecule has 2 aromatic carbocycles. The topological polar surface area (TPSA) is 144 Å². The minimum atomic E-state index is -0.752. The van der Waals surface area contributed by atoms with Gasteiger partial charge < -0.3 is 30.6 Å². The molecule has 0 aliphatic carbocycles. The molecule has 2 heterocycles. The Morgan fingerprint density at radius 2 is 1.83 bits per heavy atom. The van der Waals surface area contributed by atoms with E-state index in [2.05, 4.69) is 49.9 Å². The zero-order valence-corrected chi connectivity index (χ0v) is 24.9. The highest BCUT2D eigenvalue weighted by Crippen LogP contribution is 2.26. The minimum Gasteiger partial charge on any atom is -0.489 e. The van der Waals surface area contributed by atoms with E-state index in [0.717, 1.165) is 23.9 Å². The first-order valence-electron chi connectivity index (χ1n) is 14.1. The Labute approximate surface area is 245 Å². The van der Waals surface area contributed by atoms with Gasteiger partial charge >= 0.3 is 5.69 Å². The van der Waals surface area contributed by atoms with Crippen LogP contribution in [0.1, 0.15) is 57.0 Å². The van der Waals surface area contributed by atoms with Crippen molar-refractivity contribution in [1.82, 2.24) is 19.9 Å². The van der Waals surface area contributed by atoms with Gasteiger partial charge in [0.15, 0.2) is 0 Å². The number of aromatic nitrogens is 3. The summed E-state index contributed by atoms with van der Waals surface area (Å²) in [5.41, 5.74) is 7.72. The number of rotatable bonds is 13. The fourth-order valence-electron chi connectivity index (χ4n) is 4.56. The first kappa shape index (κ1) is 30.8. The molecule has 2 aromatic heterocycles. The number of primary amides is 1. The van der Waals surface area contributed by atoms with Gasteiger partial charge in [0.25, 0.3) is 0 Å². The van der Waals surface area contributed by atoms with E-state index in [1.54, 1.807) is 16.7 Å². The number of carbonyl (C=O) groups is 1. The Morgan fingerprint density at radius 3 is 2.48 bits per heavy atom. The molecule has 4 aromatic rings. The SMILES string of the molecule is CC(C)(C)CCn1c(=O)[nH]c2cccc(OC[C@@H](O)CNC(C)(C)Cc3ccc(Oc4ccc(C(N)=O)cn4)cc3)c21. The largest absolute Gasteiger partial charge is 0.489 e. The number of ether oxygens (including phenoxy) is 2. The van der Waals surface area contributed by atoms with Crippen molar-refractivity contribution in [2.75, 3.05) is 13.2 Å². The van der Waals surface area contributed by atoms with Crippen molar-refractivity contribution in [3.8, 4) is 17.4 Å². The maximum atomic E-state index is 12.6. The summed E-state index contributed by atoms with van der Waals surface area (Å²) < 4.78 is 13.5. The number of carbonyl (C=O) groups excluding carboxylic acids is 1. The predicted molar refractivity (Wildman–Crippen MR) is 163 cm³/mol. The third-order valence-corrected chi connectivity index (χ3v) is 6.90. The van der Waals surface area contributed by atoms with E-state index in [-0.39, 0.29) is 23.3 Å². The molecular formula is C32H41N5O5. The second kappa shape index (κ2) is 12.8. The lowest BCUT2D eigenvalue weighted by Gasteiger charge is -2.28. The molecule has 0 fully saturated rings. The van der Waals surface area contributed by atoms with Crippen LogP contribution < -0.4 is 26.2 Å². The lowest BCUT2D eigenvalue weighted by atomic mass is 9.92. The first-order valence-corrected chi connectivity index (χ1v) is 14.1. The molecular weight excluding hydrogens is 534 g/mol. The van der Waals surface area contributed by atoms with E-state index < -0.39 is 12.0 Å². The number of aliphatic hydroxyl groups is 1. The summed E-state index contributed by atoms with van der Waals surface area (Å²) in [6.45, 7) is 11.6. The summed E-state index contributed by atoms with van der Waals surface area (Å²) in [5.74, 6) is 1.02. The number of amides is 1. The van der Waals surface area contributed by atoms with Crippen LogP contribution in [0.15, 0.2) is 65.6 Å². The van der Waals surface area contributed by atoms with Crippen LogP contribution in [-0.2, 0) is 13.0 Å². The normalized spacial score (nSPS) is 12.8. The number of nitrogens with two attached hydrogens (primary N) is 1. The van der Waals surface area contributed by atoms with Gasteiger partial charge in [-0.25, -0.2) is 9.78 Å². The first-order chi connectivity index (χ1) is 19.8. The Kier molecular flexibility index (Phi) is 9.38. The lowest BCUT2D eigenvalue weighted by Crippen LogP contribution is -2.46. The van der Waals surface area contributed by atoms with E-state index in [9.17, 15) is 14.7 Å². The second-order valence-electron chi connectivity index (χ2n) is 12.4. The van der Waals surface area contributed by atoms with Gasteiger partial charge in [0.1, 0.15) is 29.7 Å². The molecule has 10 nitrogen and oxygen atoms in total. The average molecular weight is 576 g/mol. The number of hydrogen-bond donors (Lipinski definition) is 4. The van der Waals surface area contributed by atoms with E-state index >= 15 is 0 Å². The molecule has 0 saturated heterocycles. The Morgan fingerprint density at radius 1 is 1.10 bits per heavy atom. The molecule has 42 heavy (non-hydrogen) atoms. The van der Waals surface area contributed by atoms with E-state index in [4.69, 9.17) is 15.2 Å². The number of β-amino-alcohol motifs (C(OH)–C–C–N with tert-alkyl or cyclic N) is 1. The number of nitrogens with one attached hydrogen (secondary N) is 2. The fraction of sp³-hybridized carbons (Fsp3) is 0.406. The summed E-state index contributed by atoms with van der Waals surface area (Å²) in [6.07, 6.45) is 2.19. The van der Waals surface area contributed by atoms with Crippen LogP contribution in [0, 0.1) is 5.41 Å². The monoisotopic (exact) mass is 575 g/mol. The molecule has 0 aliphatic rings. The zero-order chi connectivity index (χ0) is 30.5. The number of aliphatic hydroxyl groups excluding tert-OH is 1. The standard InChI is InChI=1S/C32H41N5O5/c1-31(2,3)15-16-37-28-25(36-30(37)40)7-6-8-26(28)41-20-23(38)19-35-32(4,5)17-21-9-12-24(13-10-21)42-27-14-11-22(18-34-27)29(33)39/h6-14,18,23,35,38H,15-17,19-20H2,1-5H3,(H2,33,39)(H,36,40)/t23-/m0/s1. The predicted octanol–water partition coefficient (Wildman–Crippen LogP) is 4.40. The van der Waals surface area contributed by atoms with Gasteiger partial charge in [-0.15, -0.1) is 0 Å². The van der Waals surface area contributed by atoms with Crippen molar-refractivity contribution in [3.63, 3.8) is 0 Å². The summed E-state index contributed by atoms with van der Waals surface area (Å²) in [6, 6.07) is 16.4. The van der Waals surface area contributed by atoms with Gasteiger partial charge in [-0.3, -0.25) is 9.36 Å². The lowest BCUT2D eigenvalue weighted by molar-refractivity contribution is 0.0993. The van der Waals surface area contributed by atoms with Crippen molar-refractivity contribution in [2.45, 2.75) is 65.6 Å². The van der Waals surface area contributed by atoms with Crippen molar-refractivity contribution >= 4 is 16.9 Å². The second-order valence-corrected chi connectivity index (χ2v) is 12.4. The van der Waals surface area contributed by atoms with Gasteiger partial charge in [-0.2, -0.15) is 0 Å². The summed E-state index contributed by atoms with van der Waals surface area (Å²) in [4.78, 5) is 30.8. The quantitative estimate of drug-likeness (QED) is 0.185. The van der Waals surface area contributed by atoms with Crippen LogP contribution in [0.3, 0.4) is 0 Å². The van der Waals surface area contributed by atoms with E-state index in [1.165, 1.54) is 6.20 Å². The Bertz CT molecular complexity index is 1550. The number of benzene rings is 2. The van der Waals surface area contributed by atoms with Crippen LogP contribution in [0.25, 0.3) is 11.0 Å². The minimum absolute atomic E-state index is 0.0846. The van der Waals surface area contributed by atoms with Crippen LogP contribution >= 0.6 is 0 Å². The Balaban J connectivity index is 1.29. The summed E-state index contributed by atoms with van der Waals surface area (Å²) in [5, 5.41) is 14.1. The van der Waals surface area contributed by atoms with Crippen molar-refractivity contribution in [2.24, 2.45) is 11.1 Å². The Hall–Kier alpha value is -4.15. The number of aryl methyl sites for hydroxylation is 1. The number of imidazole rings is 1. The van der Waals surface area contributed by atoms with Crippen molar-refractivity contribution in [3.05, 3.63) is 82.4 Å². The maximum Gasteiger partial charge on any atom is 0.326 e. The molecule has 1 amide bonds. The number of pyridine rings is 1. The molecule has 0 spiro atoms. The molecule has 0 aliphatic heterocycles. The van der Waals surface area contributed by atoms with Gasteiger partial charge in [0, 0.05) is 30.9 Å². The molecule has 5 N–H and O–H groups in total. The van der Waals surface area contributed by atoms with Crippen LogP contribution in [0.4, 0.5) is 0 Å². The molecule has 0 saturated carbocycles. The van der Waals surface area contributed by atoms with Crippen LogP contribution in [0.2, 0.25) is 0 Å².